The van der Waals surface area contributed by atoms with Gasteiger partial charge in [-0.3, -0.25) is 0 Å². The number of allylic oxidation sites excluding steroid dienone is 1. The molecule has 0 radical (unpaired) electrons. The van der Waals surface area contributed by atoms with Crippen LogP contribution in [0.4, 0.5) is 10.5 Å². The highest BCUT2D eigenvalue weighted by Crippen LogP contribution is 2.29. The molecule has 2 heterocycles. The number of nitrogens with one attached hydrogen (secondary N) is 1. The third-order valence-corrected chi connectivity index (χ3v) is 5.95. The van der Waals surface area contributed by atoms with E-state index in [0.717, 1.165) is 61.0 Å². The zero-order valence-electron chi connectivity index (χ0n) is 20.4. The van der Waals surface area contributed by atoms with Gasteiger partial charge in [0.25, 0.3) is 0 Å². The molecule has 184 valence electrons. The smallest absolute Gasteiger partial charge is 0.317 e. The summed E-state index contributed by atoms with van der Waals surface area (Å²) in [6, 6.07) is 16.2. The normalized spacial score (nSPS) is 13.9. The van der Waals surface area contributed by atoms with Crippen molar-refractivity contribution < 1.29 is 9.53 Å². The van der Waals surface area contributed by atoms with E-state index in [2.05, 4.69) is 45.9 Å². The maximum atomic E-state index is 12.7. The zero-order chi connectivity index (χ0) is 24.5. The van der Waals surface area contributed by atoms with E-state index < -0.39 is 0 Å². The maximum Gasteiger partial charge on any atom is 0.317 e. The Morgan fingerprint density at radius 3 is 2.80 bits per heavy atom. The molecule has 1 aromatic heterocycles. The molecule has 35 heavy (non-hydrogen) atoms. The molecular formula is C27H34N6O2. The van der Waals surface area contributed by atoms with E-state index in [9.17, 15) is 4.79 Å². The van der Waals surface area contributed by atoms with Crippen LogP contribution in [-0.2, 0) is 13.0 Å². The molecule has 2 amide bonds. The lowest BCUT2D eigenvalue weighted by atomic mass is 10.2. The van der Waals surface area contributed by atoms with Gasteiger partial charge in [-0.15, -0.1) is 6.58 Å². The molecule has 1 saturated heterocycles. The summed E-state index contributed by atoms with van der Waals surface area (Å²) >= 11 is 0. The second-order valence-electron chi connectivity index (χ2n) is 8.57. The zero-order valence-corrected chi connectivity index (χ0v) is 20.4. The largest absolute Gasteiger partial charge is 0.491 e. The van der Waals surface area contributed by atoms with Crippen LogP contribution in [0.25, 0.3) is 5.69 Å². The van der Waals surface area contributed by atoms with Crippen LogP contribution in [0.2, 0.25) is 0 Å². The first kappa shape index (κ1) is 24.3. The molecule has 2 aromatic carbocycles. The first-order chi connectivity index (χ1) is 17.2. The molecule has 0 aliphatic carbocycles. The van der Waals surface area contributed by atoms with Crippen LogP contribution in [0, 0.1) is 0 Å². The summed E-state index contributed by atoms with van der Waals surface area (Å²) in [6.07, 6.45) is 5.95. The molecule has 0 bridgehead atoms. The van der Waals surface area contributed by atoms with Crippen LogP contribution in [0.1, 0.15) is 31.2 Å². The molecule has 1 aliphatic heterocycles. The van der Waals surface area contributed by atoms with Crippen LogP contribution in [0.3, 0.4) is 0 Å². The van der Waals surface area contributed by atoms with Crippen molar-refractivity contribution in [3.8, 4) is 11.4 Å². The summed E-state index contributed by atoms with van der Waals surface area (Å²) < 4.78 is 7.85. The Hall–Kier alpha value is -3.81. The van der Waals surface area contributed by atoms with Crippen molar-refractivity contribution in [3.63, 3.8) is 0 Å². The standard InChI is InChI=1S/C27H34N6O2/c1-3-9-26-29-21-33(30-26)24-13-12-23(19-25(24)35-18-4-2)31-14-8-15-32(17-16-31)27(34)28-20-22-10-6-5-7-11-22/h3,5-7,10-13,19,21H,1,4,8-9,14-18,20H2,2H3,(H,28,34). The third-order valence-electron chi connectivity index (χ3n) is 5.95. The number of aromatic nitrogens is 3. The van der Waals surface area contributed by atoms with Crippen LogP contribution < -0.4 is 15.0 Å². The van der Waals surface area contributed by atoms with E-state index >= 15 is 0 Å². The van der Waals surface area contributed by atoms with Gasteiger partial charge in [-0.05, 0) is 30.5 Å². The molecule has 8 heteroatoms. The molecule has 1 fully saturated rings. The predicted molar refractivity (Wildman–Crippen MR) is 138 cm³/mol. The van der Waals surface area contributed by atoms with E-state index in [1.807, 2.05) is 41.3 Å². The van der Waals surface area contributed by atoms with Crippen molar-refractivity contribution in [1.29, 1.82) is 0 Å². The lowest BCUT2D eigenvalue weighted by molar-refractivity contribution is 0.201. The minimum absolute atomic E-state index is 0.0143. The Balaban J connectivity index is 1.43. The van der Waals surface area contributed by atoms with Crippen molar-refractivity contribution in [2.45, 2.75) is 32.7 Å². The fraction of sp³-hybridized carbons (Fsp3) is 0.370. The fourth-order valence-electron chi connectivity index (χ4n) is 4.12. The van der Waals surface area contributed by atoms with Crippen LogP contribution in [0.5, 0.6) is 5.75 Å². The van der Waals surface area contributed by atoms with Crippen molar-refractivity contribution in [1.82, 2.24) is 25.0 Å². The number of amides is 2. The minimum Gasteiger partial charge on any atom is -0.491 e. The van der Waals surface area contributed by atoms with Crippen molar-refractivity contribution >= 4 is 11.7 Å². The van der Waals surface area contributed by atoms with E-state index in [4.69, 9.17) is 4.74 Å². The monoisotopic (exact) mass is 474 g/mol. The van der Waals surface area contributed by atoms with Crippen LogP contribution >= 0.6 is 0 Å². The van der Waals surface area contributed by atoms with Crippen molar-refractivity contribution in [2.24, 2.45) is 0 Å². The fourth-order valence-corrected chi connectivity index (χ4v) is 4.12. The summed E-state index contributed by atoms with van der Waals surface area (Å²) in [5.74, 6) is 1.50. The lowest BCUT2D eigenvalue weighted by Gasteiger charge is -2.25. The molecule has 1 N–H and O–H groups in total. The number of urea groups is 1. The number of benzene rings is 2. The number of carbonyl (C=O) groups is 1. The summed E-state index contributed by atoms with van der Waals surface area (Å²) in [5, 5.41) is 7.60. The Morgan fingerprint density at radius 1 is 1.14 bits per heavy atom. The molecule has 0 unspecified atom stereocenters. The number of nitrogens with zero attached hydrogens (tertiary/aromatic N) is 5. The van der Waals surface area contributed by atoms with Gasteiger partial charge >= 0.3 is 6.03 Å². The number of ether oxygens (including phenoxy) is 1. The second kappa shape index (κ2) is 12.1. The van der Waals surface area contributed by atoms with E-state index in [1.165, 1.54) is 0 Å². The molecule has 0 spiro atoms. The first-order valence-electron chi connectivity index (χ1n) is 12.3. The van der Waals surface area contributed by atoms with Gasteiger partial charge in [-0.2, -0.15) is 5.10 Å². The van der Waals surface area contributed by atoms with Gasteiger partial charge in [0, 0.05) is 50.9 Å². The highest BCUT2D eigenvalue weighted by molar-refractivity contribution is 5.74. The topological polar surface area (TPSA) is 75.5 Å². The number of anilines is 1. The highest BCUT2D eigenvalue weighted by atomic mass is 16.5. The third kappa shape index (κ3) is 6.41. The Kier molecular flexibility index (Phi) is 8.38. The number of rotatable bonds is 9. The molecule has 3 aromatic rings. The van der Waals surface area contributed by atoms with Gasteiger partial charge in [0.1, 0.15) is 17.8 Å². The molecule has 0 saturated carbocycles. The van der Waals surface area contributed by atoms with Gasteiger partial charge in [0.2, 0.25) is 0 Å². The van der Waals surface area contributed by atoms with Crippen molar-refractivity contribution in [3.05, 3.63) is 78.9 Å². The van der Waals surface area contributed by atoms with E-state index in [0.29, 0.717) is 26.1 Å². The Labute approximate surface area is 207 Å². The minimum atomic E-state index is -0.0143. The second-order valence-corrected chi connectivity index (χ2v) is 8.57. The predicted octanol–water partition coefficient (Wildman–Crippen LogP) is 4.21. The maximum absolute atomic E-state index is 12.7. The molecule has 8 nitrogen and oxygen atoms in total. The summed E-state index contributed by atoms with van der Waals surface area (Å²) in [7, 11) is 0. The van der Waals surface area contributed by atoms with Gasteiger partial charge in [-0.25, -0.2) is 14.5 Å². The summed E-state index contributed by atoms with van der Waals surface area (Å²) in [4.78, 5) is 21.3. The molecule has 0 atom stereocenters. The van der Waals surface area contributed by atoms with E-state index in [-0.39, 0.29) is 6.03 Å². The first-order valence-corrected chi connectivity index (χ1v) is 12.3. The molecule has 4 rings (SSSR count). The van der Waals surface area contributed by atoms with Crippen molar-refractivity contribution in [2.75, 3.05) is 37.7 Å². The SMILES string of the molecule is C=CCc1ncn(-c2ccc(N3CCCN(C(=O)NCc4ccccc4)CC3)cc2OCCC)n1. The number of hydrogen-bond acceptors (Lipinski definition) is 5. The van der Waals surface area contributed by atoms with Gasteiger partial charge in [0.05, 0.1) is 6.61 Å². The average Bonchev–Trinajstić information content (AvgIpc) is 3.21. The summed E-state index contributed by atoms with van der Waals surface area (Å²) in [5.41, 5.74) is 3.04. The number of carbonyl (C=O) groups excluding carboxylic acids is 1. The Morgan fingerprint density at radius 2 is 2.00 bits per heavy atom. The van der Waals surface area contributed by atoms with E-state index in [1.54, 1.807) is 17.1 Å². The molecular weight excluding hydrogens is 440 g/mol. The van der Waals surface area contributed by atoms with Crippen LogP contribution in [0.15, 0.2) is 67.5 Å². The molecule has 1 aliphatic rings. The highest BCUT2D eigenvalue weighted by Gasteiger charge is 2.20. The quantitative estimate of drug-likeness (QED) is 0.470. The Bertz CT molecular complexity index is 1110. The van der Waals surface area contributed by atoms with Crippen LogP contribution in [-0.4, -0.2) is 58.5 Å². The average molecular weight is 475 g/mol. The lowest BCUT2D eigenvalue weighted by Crippen LogP contribution is -2.41. The van der Waals surface area contributed by atoms with Gasteiger partial charge in [-0.1, -0.05) is 43.3 Å². The van der Waals surface area contributed by atoms with Gasteiger partial charge < -0.3 is 19.9 Å². The number of hydrogen-bond donors (Lipinski definition) is 1. The summed E-state index contributed by atoms with van der Waals surface area (Å²) in [6.45, 7) is 10.1. The van der Waals surface area contributed by atoms with Gasteiger partial charge in [0.15, 0.2) is 5.82 Å².